The number of nitrogens with two attached hydrogens (primary N) is 1. The van der Waals surface area contributed by atoms with E-state index in [4.69, 9.17) is 16.9 Å². The molecular formula is C11H12N4O2. The highest BCUT2D eigenvalue weighted by molar-refractivity contribution is 5.93. The topological polar surface area (TPSA) is 81.3 Å². The van der Waals surface area contributed by atoms with Crippen LogP contribution in [0.4, 0.5) is 5.82 Å². The van der Waals surface area contributed by atoms with E-state index in [0.717, 1.165) is 6.42 Å². The second-order valence-electron chi connectivity index (χ2n) is 3.67. The van der Waals surface area contributed by atoms with Crippen molar-refractivity contribution in [1.82, 2.24) is 14.9 Å². The van der Waals surface area contributed by atoms with E-state index in [1.165, 1.54) is 12.5 Å². The Bertz CT molecular complexity index is 469. The van der Waals surface area contributed by atoms with Gasteiger partial charge in [-0.1, -0.05) is 0 Å². The average molecular weight is 232 g/mol. The number of amides is 1. The molecule has 1 aromatic heterocycles. The molecule has 0 radical (unpaired) electrons. The van der Waals surface area contributed by atoms with Crippen LogP contribution in [0.5, 0.6) is 5.75 Å². The van der Waals surface area contributed by atoms with Gasteiger partial charge in [-0.05, 0) is 12.3 Å². The average Bonchev–Trinajstić information content (AvgIpc) is 2.30. The minimum Gasteiger partial charge on any atom is -0.486 e. The van der Waals surface area contributed by atoms with Gasteiger partial charge in [-0.2, -0.15) is 0 Å². The van der Waals surface area contributed by atoms with Crippen LogP contribution in [-0.4, -0.2) is 40.0 Å². The van der Waals surface area contributed by atoms with Crippen molar-refractivity contribution < 1.29 is 9.53 Å². The van der Waals surface area contributed by atoms with Crippen LogP contribution < -0.4 is 10.5 Å². The third kappa shape index (κ3) is 2.28. The Morgan fingerprint density at radius 1 is 1.76 bits per heavy atom. The lowest BCUT2D eigenvalue weighted by atomic mass is 10.0. The number of aromatic nitrogens is 2. The molecule has 0 spiro atoms. The lowest BCUT2D eigenvalue weighted by Gasteiger charge is -2.39. The Morgan fingerprint density at radius 3 is 3.18 bits per heavy atom. The minimum atomic E-state index is -0.304. The molecular weight excluding hydrogens is 220 g/mol. The Kier molecular flexibility index (Phi) is 3.10. The molecule has 2 heterocycles. The van der Waals surface area contributed by atoms with Gasteiger partial charge in [0.05, 0.1) is 12.2 Å². The number of hydrogen-bond donors (Lipinski definition) is 1. The molecule has 1 atom stereocenters. The number of anilines is 1. The number of nitrogens with zero attached hydrogens (tertiary/aromatic N) is 3. The lowest BCUT2D eigenvalue weighted by Crippen LogP contribution is -2.53. The van der Waals surface area contributed by atoms with E-state index in [2.05, 4.69) is 15.9 Å². The van der Waals surface area contributed by atoms with Crippen molar-refractivity contribution in [2.24, 2.45) is 0 Å². The summed E-state index contributed by atoms with van der Waals surface area (Å²) in [6.07, 6.45) is 8.77. The van der Waals surface area contributed by atoms with Gasteiger partial charge in [-0.25, -0.2) is 9.97 Å². The molecule has 1 saturated heterocycles. The molecule has 2 rings (SSSR count). The fourth-order valence-corrected chi connectivity index (χ4v) is 1.59. The van der Waals surface area contributed by atoms with Gasteiger partial charge in [-0.15, -0.1) is 6.42 Å². The van der Waals surface area contributed by atoms with Gasteiger partial charge in [0.1, 0.15) is 12.9 Å². The van der Waals surface area contributed by atoms with Crippen LogP contribution in [0, 0.1) is 12.3 Å². The fraction of sp³-hybridized carbons (Fsp3) is 0.364. The van der Waals surface area contributed by atoms with E-state index in [9.17, 15) is 4.79 Å². The molecule has 0 saturated carbocycles. The van der Waals surface area contributed by atoms with E-state index in [1.807, 2.05) is 0 Å². The van der Waals surface area contributed by atoms with Crippen molar-refractivity contribution in [1.29, 1.82) is 0 Å². The first-order chi connectivity index (χ1) is 8.22. The second-order valence-corrected chi connectivity index (χ2v) is 3.67. The summed E-state index contributed by atoms with van der Waals surface area (Å²) in [5, 5.41) is 0. The molecule has 1 fully saturated rings. The summed E-state index contributed by atoms with van der Waals surface area (Å²) in [5.74, 6) is 2.49. The zero-order valence-electron chi connectivity index (χ0n) is 9.17. The third-order valence-electron chi connectivity index (χ3n) is 2.67. The van der Waals surface area contributed by atoms with Crippen LogP contribution in [0.2, 0.25) is 0 Å². The number of carbonyl (C=O) groups excluding carboxylic acids is 1. The Morgan fingerprint density at radius 2 is 2.59 bits per heavy atom. The predicted molar refractivity (Wildman–Crippen MR) is 60.9 cm³/mol. The zero-order chi connectivity index (χ0) is 12.3. The van der Waals surface area contributed by atoms with Crippen molar-refractivity contribution in [3.8, 4) is 18.1 Å². The van der Waals surface area contributed by atoms with Crippen LogP contribution in [-0.2, 0) is 4.79 Å². The molecule has 6 heteroatoms. The van der Waals surface area contributed by atoms with E-state index >= 15 is 0 Å². The summed E-state index contributed by atoms with van der Waals surface area (Å²) in [5.41, 5.74) is 5.60. The highest BCUT2D eigenvalue weighted by Gasteiger charge is 2.31. The van der Waals surface area contributed by atoms with E-state index in [0.29, 0.717) is 18.9 Å². The molecule has 1 aliphatic rings. The summed E-state index contributed by atoms with van der Waals surface area (Å²) >= 11 is 0. The Hall–Kier alpha value is -2.29. The van der Waals surface area contributed by atoms with Gasteiger partial charge < -0.3 is 15.4 Å². The van der Waals surface area contributed by atoms with Gasteiger partial charge in [0.25, 0.3) is 5.91 Å². The van der Waals surface area contributed by atoms with Crippen LogP contribution in [0.3, 0.4) is 0 Å². The van der Waals surface area contributed by atoms with Crippen molar-refractivity contribution in [3.05, 3.63) is 12.5 Å². The maximum atomic E-state index is 11.3. The molecule has 1 unspecified atom stereocenters. The monoisotopic (exact) mass is 232 g/mol. The molecule has 0 aliphatic carbocycles. The first-order valence-electron chi connectivity index (χ1n) is 5.18. The van der Waals surface area contributed by atoms with E-state index in [1.54, 1.807) is 4.90 Å². The van der Waals surface area contributed by atoms with Gasteiger partial charge in [0.2, 0.25) is 0 Å². The maximum Gasteiger partial charge on any atom is 0.298 e. The highest BCUT2D eigenvalue weighted by atomic mass is 16.5. The second kappa shape index (κ2) is 4.70. The smallest absolute Gasteiger partial charge is 0.298 e. The summed E-state index contributed by atoms with van der Waals surface area (Å²) in [6, 6.07) is 0.0122. The number of rotatable bonds is 3. The number of nitrogen functional groups attached to an aromatic ring is 1. The first-order valence-corrected chi connectivity index (χ1v) is 5.18. The standard InChI is InChI=1S/C11H12N4O2/c1-2-10(16)15-4-3-8(15)6-17-9-5-13-7-14-11(9)12/h1,5,7-8H,3-4,6H2,(H2,12,13,14). The minimum absolute atomic E-state index is 0.0122. The summed E-state index contributed by atoms with van der Waals surface area (Å²) < 4.78 is 5.45. The lowest BCUT2D eigenvalue weighted by molar-refractivity contribution is -0.133. The largest absolute Gasteiger partial charge is 0.486 e. The summed E-state index contributed by atoms with van der Waals surface area (Å²) in [6.45, 7) is 1.03. The quantitative estimate of drug-likeness (QED) is 0.722. The molecule has 17 heavy (non-hydrogen) atoms. The number of hydrogen-bond acceptors (Lipinski definition) is 5. The number of terminal acetylenes is 1. The summed E-state index contributed by atoms with van der Waals surface area (Å²) in [4.78, 5) is 20.5. The Balaban J connectivity index is 1.90. The van der Waals surface area contributed by atoms with Gasteiger partial charge in [-0.3, -0.25) is 4.79 Å². The maximum absolute atomic E-state index is 11.3. The van der Waals surface area contributed by atoms with E-state index in [-0.39, 0.29) is 17.8 Å². The van der Waals surface area contributed by atoms with Crippen molar-refractivity contribution >= 4 is 11.7 Å². The molecule has 1 aliphatic heterocycles. The molecule has 1 aromatic rings. The first kappa shape index (κ1) is 11.2. The Labute approximate surface area is 98.8 Å². The van der Waals surface area contributed by atoms with Crippen molar-refractivity contribution in [2.45, 2.75) is 12.5 Å². The number of likely N-dealkylation sites (tertiary alicyclic amines) is 1. The highest BCUT2D eigenvalue weighted by Crippen LogP contribution is 2.21. The zero-order valence-corrected chi connectivity index (χ0v) is 9.17. The van der Waals surface area contributed by atoms with E-state index < -0.39 is 0 Å². The van der Waals surface area contributed by atoms with Gasteiger partial charge in [0, 0.05) is 6.54 Å². The molecule has 2 N–H and O–H groups in total. The van der Waals surface area contributed by atoms with Gasteiger partial charge in [0.15, 0.2) is 11.6 Å². The number of ether oxygens (including phenoxy) is 1. The van der Waals surface area contributed by atoms with Crippen LogP contribution in [0.1, 0.15) is 6.42 Å². The molecule has 0 aromatic carbocycles. The van der Waals surface area contributed by atoms with Crippen LogP contribution >= 0.6 is 0 Å². The fourth-order valence-electron chi connectivity index (χ4n) is 1.59. The van der Waals surface area contributed by atoms with Crippen LogP contribution in [0.25, 0.3) is 0 Å². The van der Waals surface area contributed by atoms with Crippen molar-refractivity contribution in [2.75, 3.05) is 18.9 Å². The molecule has 88 valence electrons. The normalized spacial score (nSPS) is 18.1. The van der Waals surface area contributed by atoms with Crippen LogP contribution in [0.15, 0.2) is 12.5 Å². The molecule has 6 nitrogen and oxygen atoms in total. The number of carbonyl (C=O) groups is 1. The molecule has 1 amide bonds. The summed E-state index contributed by atoms with van der Waals surface area (Å²) in [7, 11) is 0. The SMILES string of the molecule is C#CC(=O)N1CCC1COc1cncnc1N. The van der Waals surface area contributed by atoms with Crippen molar-refractivity contribution in [3.63, 3.8) is 0 Å². The van der Waals surface area contributed by atoms with Gasteiger partial charge >= 0.3 is 0 Å². The molecule has 0 bridgehead atoms. The predicted octanol–water partition coefficient (Wildman–Crippen LogP) is -0.328. The third-order valence-corrected chi connectivity index (χ3v) is 2.67.